The first kappa shape index (κ1) is 15.0. The molecule has 4 rings (SSSR count). The summed E-state index contributed by atoms with van der Waals surface area (Å²) < 4.78 is 21.6. The summed E-state index contributed by atoms with van der Waals surface area (Å²) in [5.74, 6) is 1.53. The van der Waals surface area contributed by atoms with Crippen LogP contribution < -0.4 is 14.8 Å². The van der Waals surface area contributed by atoms with Crippen molar-refractivity contribution in [2.75, 3.05) is 19.9 Å². The lowest BCUT2D eigenvalue weighted by Crippen LogP contribution is -2.32. The Bertz CT molecular complexity index is 764. The number of fused-ring (bicyclic) bond motifs is 1. The zero-order valence-corrected chi connectivity index (χ0v) is 13.3. The predicted molar refractivity (Wildman–Crippen MR) is 84.1 cm³/mol. The van der Waals surface area contributed by atoms with Crippen molar-refractivity contribution >= 4 is 5.91 Å². The lowest BCUT2D eigenvalue weighted by atomic mass is 10.1. The molecule has 0 aliphatic carbocycles. The monoisotopic (exact) mass is 330 g/mol. The molecule has 0 spiro atoms. The van der Waals surface area contributed by atoms with Crippen LogP contribution in [0.1, 0.15) is 28.9 Å². The molecule has 1 amide bonds. The topological polar surface area (TPSA) is 82.8 Å². The number of hydrogen-bond donors (Lipinski definition) is 1. The highest BCUT2D eigenvalue weighted by atomic mass is 16.7. The third kappa shape index (κ3) is 2.71. The Balaban J connectivity index is 1.57. The van der Waals surface area contributed by atoms with E-state index in [4.69, 9.17) is 18.7 Å². The van der Waals surface area contributed by atoms with Crippen molar-refractivity contribution in [1.29, 1.82) is 0 Å². The van der Waals surface area contributed by atoms with Crippen molar-refractivity contribution in [2.45, 2.75) is 25.9 Å². The number of nitrogens with zero attached hydrogens (tertiary/aromatic N) is 1. The first-order chi connectivity index (χ1) is 11.7. The van der Waals surface area contributed by atoms with Crippen molar-refractivity contribution in [3.63, 3.8) is 0 Å². The normalized spacial score (nSPS) is 18.8. The fraction of sp³-hybridized carbons (Fsp3) is 0.412. The number of hydrogen-bond acceptors (Lipinski definition) is 6. The minimum atomic E-state index is -0.211. The van der Waals surface area contributed by atoms with Gasteiger partial charge >= 0.3 is 0 Å². The summed E-state index contributed by atoms with van der Waals surface area (Å²) in [5.41, 5.74) is 1.71. The Kier molecular flexibility index (Phi) is 3.86. The fourth-order valence-electron chi connectivity index (χ4n) is 2.97. The van der Waals surface area contributed by atoms with Crippen LogP contribution in [0.15, 0.2) is 22.7 Å². The maximum Gasteiger partial charge on any atom is 0.257 e. The molecule has 0 bridgehead atoms. The lowest BCUT2D eigenvalue weighted by Gasteiger charge is -2.11. The van der Waals surface area contributed by atoms with Gasteiger partial charge in [0.05, 0.1) is 11.8 Å². The van der Waals surface area contributed by atoms with Crippen molar-refractivity contribution in [3.05, 3.63) is 29.5 Å². The van der Waals surface area contributed by atoms with Crippen molar-refractivity contribution in [3.8, 4) is 22.8 Å². The average Bonchev–Trinajstić information content (AvgIpc) is 3.32. The molecule has 2 aromatic rings. The predicted octanol–water partition coefficient (Wildman–Crippen LogP) is 2.29. The van der Waals surface area contributed by atoms with Gasteiger partial charge in [-0.2, -0.15) is 0 Å². The van der Waals surface area contributed by atoms with Gasteiger partial charge < -0.3 is 24.1 Å². The molecule has 24 heavy (non-hydrogen) atoms. The number of nitrogens with one attached hydrogen (secondary N) is 1. The molecule has 7 nitrogen and oxygen atoms in total. The summed E-state index contributed by atoms with van der Waals surface area (Å²) in [7, 11) is 0. The van der Waals surface area contributed by atoms with E-state index in [0.717, 1.165) is 25.0 Å². The van der Waals surface area contributed by atoms with Gasteiger partial charge in [0.1, 0.15) is 5.56 Å². The van der Waals surface area contributed by atoms with E-state index in [-0.39, 0.29) is 18.8 Å². The second kappa shape index (κ2) is 6.16. The first-order valence-corrected chi connectivity index (χ1v) is 7.98. The average molecular weight is 330 g/mol. The Labute approximate surface area is 138 Å². The number of carbonyl (C=O) groups is 1. The number of carbonyl (C=O) groups excluding carboxylic acids is 1. The smallest absolute Gasteiger partial charge is 0.257 e. The fourth-order valence-corrected chi connectivity index (χ4v) is 2.97. The van der Waals surface area contributed by atoms with Crippen molar-refractivity contribution in [1.82, 2.24) is 10.5 Å². The summed E-state index contributed by atoms with van der Waals surface area (Å²) in [4.78, 5) is 12.6. The van der Waals surface area contributed by atoms with E-state index < -0.39 is 0 Å². The van der Waals surface area contributed by atoms with Gasteiger partial charge in [-0.15, -0.1) is 0 Å². The quantitative estimate of drug-likeness (QED) is 0.926. The van der Waals surface area contributed by atoms with Gasteiger partial charge in [-0.05, 0) is 38.0 Å². The first-order valence-electron chi connectivity index (χ1n) is 7.98. The Morgan fingerprint density at radius 2 is 2.21 bits per heavy atom. The molecule has 126 valence electrons. The lowest BCUT2D eigenvalue weighted by molar-refractivity contribution is 0.0857. The number of benzene rings is 1. The number of rotatable bonds is 4. The molecule has 2 aliphatic heterocycles. The van der Waals surface area contributed by atoms with E-state index >= 15 is 0 Å². The van der Waals surface area contributed by atoms with Crippen LogP contribution in [-0.4, -0.2) is 37.1 Å². The SMILES string of the molecule is Cc1noc(-c2ccc3c(c2)OCO3)c1C(=O)NC[C@@H]1CCCO1. The molecule has 0 radical (unpaired) electrons. The third-order valence-electron chi connectivity index (χ3n) is 4.24. The van der Waals surface area contributed by atoms with Gasteiger partial charge in [0.2, 0.25) is 6.79 Å². The zero-order chi connectivity index (χ0) is 16.5. The highest BCUT2D eigenvalue weighted by Gasteiger charge is 2.25. The van der Waals surface area contributed by atoms with Crippen LogP contribution >= 0.6 is 0 Å². The molecule has 7 heteroatoms. The summed E-state index contributed by atoms with van der Waals surface area (Å²) in [6.07, 6.45) is 2.09. The molecule has 3 heterocycles. The molecule has 1 fully saturated rings. The molecule has 0 saturated carbocycles. The van der Waals surface area contributed by atoms with E-state index in [1.54, 1.807) is 19.1 Å². The maximum atomic E-state index is 12.6. The molecule has 0 unspecified atom stereocenters. The Morgan fingerprint density at radius 3 is 3.04 bits per heavy atom. The molecule has 1 saturated heterocycles. The van der Waals surface area contributed by atoms with Crippen LogP contribution in [0.5, 0.6) is 11.5 Å². The molecule has 1 atom stereocenters. The minimum absolute atomic E-state index is 0.0862. The molecular formula is C17H18N2O5. The zero-order valence-electron chi connectivity index (χ0n) is 13.3. The van der Waals surface area contributed by atoms with Gasteiger partial charge in [-0.25, -0.2) is 0 Å². The second-order valence-corrected chi connectivity index (χ2v) is 5.89. The molecule has 2 aliphatic rings. The summed E-state index contributed by atoms with van der Waals surface area (Å²) in [5, 5.41) is 6.86. The van der Waals surface area contributed by atoms with Crippen molar-refractivity contribution in [2.24, 2.45) is 0 Å². The summed E-state index contributed by atoms with van der Waals surface area (Å²) in [6.45, 7) is 3.20. The van der Waals surface area contributed by atoms with E-state index in [1.807, 2.05) is 6.07 Å². The molecule has 1 aromatic carbocycles. The van der Waals surface area contributed by atoms with Crippen LogP contribution in [0, 0.1) is 6.92 Å². The van der Waals surface area contributed by atoms with Gasteiger partial charge in [-0.3, -0.25) is 4.79 Å². The van der Waals surface area contributed by atoms with Crippen LogP contribution in [0.25, 0.3) is 11.3 Å². The molecule has 1 aromatic heterocycles. The van der Waals surface area contributed by atoms with Gasteiger partial charge in [0.25, 0.3) is 5.91 Å². The molecule has 1 N–H and O–H groups in total. The summed E-state index contributed by atoms with van der Waals surface area (Å²) in [6, 6.07) is 5.41. The Hall–Kier alpha value is -2.54. The third-order valence-corrected chi connectivity index (χ3v) is 4.24. The van der Waals surface area contributed by atoms with E-state index in [2.05, 4.69) is 10.5 Å². The van der Waals surface area contributed by atoms with Crippen molar-refractivity contribution < 1.29 is 23.5 Å². The number of ether oxygens (including phenoxy) is 3. The van der Waals surface area contributed by atoms with Crippen LogP contribution in [0.2, 0.25) is 0 Å². The highest BCUT2D eigenvalue weighted by molar-refractivity contribution is 6.00. The van der Waals surface area contributed by atoms with Crippen LogP contribution in [-0.2, 0) is 4.74 Å². The van der Waals surface area contributed by atoms with E-state index in [1.165, 1.54) is 0 Å². The van der Waals surface area contributed by atoms with Crippen LogP contribution in [0.4, 0.5) is 0 Å². The number of amides is 1. The minimum Gasteiger partial charge on any atom is -0.454 e. The highest BCUT2D eigenvalue weighted by Crippen LogP contribution is 2.37. The maximum absolute atomic E-state index is 12.6. The summed E-state index contributed by atoms with van der Waals surface area (Å²) >= 11 is 0. The van der Waals surface area contributed by atoms with Crippen LogP contribution in [0.3, 0.4) is 0 Å². The van der Waals surface area contributed by atoms with Gasteiger partial charge in [0, 0.05) is 18.7 Å². The largest absolute Gasteiger partial charge is 0.454 e. The Morgan fingerprint density at radius 1 is 1.33 bits per heavy atom. The molecular weight excluding hydrogens is 312 g/mol. The van der Waals surface area contributed by atoms with Gasteiger partial charge in [0.15, 0.2) is 17.3 Å². The van der Waals surface area contributed by atoms with E-state index in [9.17, 15) is 4.79 Å². The standard InChI is InChI=1S/C17H18N2O5/c1-10-15(17(20)18-8-12-3-2-6-21-12)16(24-19-10)11-4-5-13-14(7-11)23-9-22-13/h4-5,7,12H,2-3,6,8-9H2,1H3,(H,18,20)/t12-/m0/s1. The van der Waals surface area contributed by atoms with E-state index in [0.29, 0.717) is 35.1 Å². The van der Waals surface area contributed by atoms with Gasteiger partial charge in [-0.1, -0.05) is 5.16 Å². The number of aryl methyl sites for hydroxylation is 1. The second-order valence-electron chi connectivity index (χ2n) is 5.89. The number of aromatic nitrogens is 1.